The van der Waals surface area contributed by atoms with Crippen molar-refractivity contribution in [2.75, 3.05) is 39.5 Å². The number of carboxylic acids is 1. The summed E-state index contributed by atoms with van der Waals surface area (Å²) in [5, 5.41) is 12.5. The van der Waals surface area contributed by atoms with E-state index < -0.39 is 5.97 Å². The molecular formula is C16H20N2O4. The van der Waals surface area contributed by atoms with E-state index in [-0.39, 0.29) is 0 Å². The molecule has 2 rings (SSSR count). The van der Waals surface area contributed by atoms with Crippen LogP contribution in [0.2, 0.25) is 0 Å². The molecule has 118 valence electrons. The van der Waals surface area contributed by atoms with Gasteiger partial charge in [0.05, 0.1) is 19.4 Å². The molecule has 1 fully saturated rings. The van der Waals surface area contributed by atoms with E-state index in [4.69, 9.17) is 14.7 Å². The lowest BCUT2D eigenvalue weighted by Gasteiger charge is -2.25. The van der Waals surface area contributed by atoms with Gasteiger partial charge in [-0.1, -0.05) is 23.4 Å². The Bertz CT molecular complexity index is 537. The first-order valence-electron chi connectivity index (χ1n) is 7.20. The smallest absolute Gasteiger partial charge is 0.328 e. The van der Waals surface area contributed by atoms with Gasteiger partial charge in [-0.2, -0.15) is 0 Å². The summed E-state index contributed by atoms with van der Waals surface area (Å²) in [4.78, 5) is 18.0. The fourth-order valence-corrected chi connectivity index (χ4v) is 2.06. The lowest BCUT2D eigenvalue weighted by Crippen LogP contribution is -2.38. The molecule has 0 radical (unpaired) electrons. The monoisotopic (exact) mass is 304 g/mol. The Morgan fingerprint density at radius 1 is 1.36 bits per heavy atom. The molecule has 1 aromatic rings. The zero-order valence-corrected chi connectivity index (χ0v) is 12.4. The highest BCUT2D eigenvalue weighted by Gasteiger charge is 2.09. The van der Waals surface area contributed by atoms with Crippen molar-refractivity contribution in [1.82, 2.24) is 4.90 Å². The molecule has 0 bridgehead atoms. The minimum Gasteiger partial charge on any atom is -0.478 e. The van der Waals surface area contributed by atoms with Crippen LogP contribution in [0.5, 0.6) is 0 Å². The predicted molar refractivity (Wildman–Crippen MR) is 83.9 cm³/mol. The number of morpholine rings is 1. The fourth-order valence-electron chi connectivity index (χ4n) is 2.06. The molecule has 1 heterocycles. The van der Waals surface area contributed by atoms with Crippen molar-refractivity contribution in [3.8, 4) is 0 Å². The minimum atomic E-state index is -0.967. The van der Waals surface area contributed by atoms with E-state index >= 15 is 0 Å². The molecule has 0 atom stereocenters. The Balaban J connectivity index is 1.75. The first kappa shape index (κ1) is 16.2. The Morgan fingerprint density at radius 2 is 2.14 bits per heavy atom. The molecule has 6 heteroatoms. The van der Waals surface area contributed by atoms with Crippen LogP contribution in [-0.2, 0) is 14.4 Å². The van der Waals surface area contributed by atoms with Gasteiger partial charge in [0.1, 0.15) is 6.61 Å². The van der Waals surface area contributed by atoms with Crippen LogP contribution in [0.15, 0.2) is 35.5 Å². The number of carboxylic acid groups (broad SMARTS) is 1. The summed E-state index contributed by atoms with van der Waals surface area (Å²) >= 11 is 0. The summed E-state index contributed by atoms with van der Waals surface area (Å²) < 4.78 is 5.28. The van der Waals surface area contributed by atoms with Crippen LogP contribution in [0.3, 0.4) is 0 Å². The average molecular weight is 304 g/mol. The molecule has 22 heavy (non-hydrogen) atoms. The van der Waals surface area contributed by atoms with Gasteiger partial charge >= 0.3 is 5.97 Å². The molecule has 0 amide bonds. The summed E-state index contributed by atoms with van der Waals surface area (Å²) in [6.45, 7) is 4.80. The topological polar surface area (TPSA) is 71.4 Å². The SMILES string of the molecule is O=C(O)C=Cc1cccc(C=NOCCN2CCOCC2)c1. The third-order valence-electron chi connectivity index (χ3n) is 3.21. The molecule has 6 nitrogen and oxygen atoms in total. The van der Waals surface area contributed by atoms with Crippen LogP contribution in [-0.4, -0.2) is 61.6 Å². The van der Waals surface area contributed by atoms with E-state index in [1.54, 1.807) is 12.3 Å². The minimum absolute atomic E-state index is 0.537. The van der Waals surface area contributed by atoms with E-state index in [2.05, 4.69) is 10.1 Å². The maximum Gasteiger partial charge on any atom is 0.328 e. The van der Waals surface area contributed by atoms with Gasteiger partial charge in [-0.05, 0) is 23.3 Å². The number of carbonyl (C=O) groups is 1. The van der Waals surface area contributed by atoms with Crippen LogP contribution >= 0.6 is 0 Å². The molecule has 0 spiro atoms. The molecule has 1 saturated heterocycles. The normalized spacial score (nSPS) is 16.4. The molecule has 0 saturated carbocycles. The van der Waals surface area contributed by atoms with E-state index in [1.807, 2.05) is 24.3 Å². The zero-order chi connectivity index (χ0) is 15.6. The molecule has 1 aliphatic heterocycles. The average Bonchev–Trinajstić information content (AvgIpc) is 2.54. The number of hydrogen-bond acceptors (Lipinski definition) is 5. The zero-order valence-electron chi connectivity index (χ0n) is 12.4. The highest BCUT2D eigenvalue weighted by molar-refractivity contribution is 5.86. The third kappa shape index (κ3) is 6.07. The molecule has 0 aliphatic carbocycles. The lowest BCUT2D eigenvalue weighted by atomic mass is 10.1. The lowest BCUT2D eigenvalue weighted by molar-refractivity contribution is -0.131. The van der Waals surface area contributed by atoms with Crippen LogP contribution < -0.4 is 0 Å². The van der Waals surface area contributed by atoms with Gasteiger partial charge in [-0.15, -0.1) is 0 Å². The number of rotatable bonds is 7. The highest BCUT2D eigenvalue weighted by atomic mass is 16.6. The maximum atomic E-state index is 10.5. The van der Waals surface area contributed by atoms with Crippen LogP contribution in [0.4, 0.5) is 0 Å². The third-order valence-corrected chi connectivity index (χ3v) is 3.21. The van der Waals surface area contributed by atoms with E-state index in [9.17, 15) is 4.79 Å². The second-order valence-electron chi connectivity index (χ2n) is 4.86. The van der Waals surface area contributed by atoms with Crippen molar-refractivity contribution in [3.05, 3.63) is 41.5 Å². The largest absolute Gasteiger partial charge is 0.478 e. The molecule has 1 aliphatic rings. The van der Waals surface area contributed by atoms with Gasteiger partial charge in [-0.3, -0.25) is 4.90 Å². The van der Waals surface area contributed by atoms with Crippen molar-refractivity contribution >= 4 is 18.3 Å². The number of benzene rings is 1. The molecule has 1 aromatic carbocycles. The summed E-state index contributed by atoms with van der Waals surface area (Å²) in [5.74, 6) is -0.967. The second kappa shape index (κ2) is 8.96. The van der Waals surface area contributed by atoms with E-state index in [0.717, 1.165) is 50.1 Å². The number of aliphatic carboxylic acids is 1. The van der Waals surface area contributed by atoms with Gasteiger partial charge in [0.25, 0.3) is 0 Å². The van der Waals surface area contributed by atoms with Crippen LogP contribution in [0.25, 0.3) is 6.08 Å². The summed E-state index contributed by atoms with van der Waals surface area (Å²) in [5.41, 5.74) is 1.67. The van der Waals surface area contributed by atoms with E-state index in [0.29, 0.717) is 6.61 Å². The van der Waals surface area contributed by atoms with E-state index in [1.165, 1.54) is 0 Å². The molecule has 0 aromatic heterocycles. The van der Waals surface area contributed by atoms with Crippen LogP contribution in [0.1, 0.15) is 11.1 Å². The Kier molecular flexibility index (Phi) is 6.60. The second-order valence-corrected chi connectivity index (χ2v) is 4.86. The summed E-state index contributed by atoms with van der Waals surface area (Å²) in [6.07, 6.45) is 4.27. The van der Waals surface area contributed by atoms with Crippen molar-refractivity contribution in [2.24, 2.45) is 5.16 Å². The van der Waals surface area contributed by atoms with Crippen molar-refractivity contribution in [1.29, 1.82) is 0 Å². The fraction of sp³-hybridized carbons (Fsp3) is 0.375. The van der Waals surface area contributed by atoms with Gasteiger partial charge in [0.2, 0.25) is 0 Å². The molecule has 1 N–H and O–H groups in total. The number of ether oxygens (including phenoxy) is 1. The first-order valence-corrected chi connectivity index (χ1v) is 7.20. The Hall–Kier alpha value is -2.18. The van der Waals surface area contributed by atoms with Crippen LogP contribution in [0, 0.1) is 0 Å². The summed E-state index contributed by atoms with van der Waals surface area (Å²) in [7, 11) is 0. The molecule has 0 unspecified atom stereocenters. The number of nitrogens with zero attached hydrogens (tertiary/aromatic N) is 2. The van der Waals surface area contributed by atoms with Gasteiger partial charge < -0.3 is 14.7 Å². The maximum absolute atomic E-state index is 10.5. The predicted octanol–water partition coefficient (Wildman–Crippen LogP) is 1.47. The highest BCUT2D eigenvalue weighted by Crippen LogP contribution is 2.05. The molecular weight excluding hydrogens is 284 g/mol. The van der Waals surface area contributed by atoms with Gasteiger partial charge in [0.15, 0.2) is 0 Å². The van der Waals surface area contributed by atoms with Crippen molar-refractivity contribution in [3.63, 3.8) is 0 Å². The van der Waals surface area contributed by atoms with Crippen molar-refractivity contribution in [2.45, 2.75) is 0 Å². The number of hydrogen-bond donors (Lipinski definition) is 1. The van der Waals surface area contributed by atoms with Gasteiger partial charge in [-0.25, -0.2) is 4.79 Å². The Morgan fingerprint density at radius 3 is 2.91 bits per heavy atom. The number of oxime groups is 1. The Labute approximate surface area is 129 Å². The van der Waals surface area contributed by atoms with Crippen molar-refractivity contribution < 1.29 is 19.5 Å². The van der Waals surface area contributed by atoms with Gasteiger partial charge in [0, 0.05) is 25.7 Å². The summed E-state index contributed by atoms with van der Waals surface area (Å²) in [6, 6.07) is 7.40. The standard InChI is InChI=1S/C16H20N2O4/c19-16(20)5-4-14-2-1-3-15(12-14)13-17-22-11-8-18-6-9-21-10-7-18/h1-5,12-13H,6-11H2,(H,19,20). The quantitative estimate of drug-likeness (QED) is 0.357. The first-order chi connectivity index (χ1) is 10.7.